The van der Waals surface area contributed by atoms with Crippen molar-refractivity contribution in [1.29, 1.82) is 0 Å². The maximum atomic E-state index is 13.3. The monoisotopic (exact) mass is 450 g/mol. The van der Waals surface area contributed by atoms with Crippen LogP contribution in [0.15, 0.2) is 66.1 Å². The van der Waals surface area contributed by atoms with Gasteiger partial charge in [0.05, 0.1) is 23.4 Å². The zero-order valence-corrected chi connectivity index (χ0v) is 18.7. The van der Waals surface area contributed by atoms with Crippen LogP contribution in [0.2, 0.25) is 5.02 Å². The molecule has 2 rings (SSSR count). The molecule has 1 amide bonds. The van der Waals surface area contributed by atoms with Crippen molar-refractivity contribution in [3.8, 4) is 0 Å². The van der Waals surface area contributed by atoms with E-state index in [-0.39, 0.29) is 34.0 Å². The van der Waals surface area contributed by atoms with Crippen LogP contribution in [0.5, 0.6) is 0 Å². The Balaban J connectivity index is 2.24. The molecule has 0 radical (unpaired) electrons. The lowest BCUT2D eigenvalue weighted by Gasteiger charge is -2.24. The van der Waals surface area contributed by atoms with Crippen LogP contribution in [0.3, 0.4) is 0 Å². The lowest BCUT2D eigenvalue weighted by Crippen LogP contribution is -2.32. The smallest absolute Gasteiger partial charge is 0.266 e. The van der Waals surface area contributed by atoms with Crippen molar-refractivity contribution < 1.29 is 17.9 Å². The average Bonchev–Trinajstić information content (AvgIpc) is 2.72. The molecule has 0 heterocycles. The van der Waals surface area contributed by atoms with E-state index in [9.17, 15) is 13.2 Å². The number of para-hydroxylation sites is 1. The molecule has 1 N–H and O–H groups in total. The van der Waals surface area contributed by atoms with E-state index in [2.05, 4.69) is 11.9 Å². The number of sulfonamides is 1. The van der Waals surface area contributed by atoms with Gasteiger partial charge in [-0.2, -0.15) is 0 Å². The highest BCUT2D eigenvalue weighted by atomic mass is 35.5. The van der Waals surface area contributed by atoms with Gasteiger partial charge in [0, 0.05) is 18.7 Å². The summed E-state index contributed by atoms with van der Waals surface area (Å²) >= 11 is 6.21. The van der Waals surface area contributed by atoms with E-state index in [0.29, 0.717) is 25.3 Å². The molecular formula is C22H27ClN2O4S. The zero-order valence-electron chi connectivity index (χ0n) is 17.2. The number of hydrogen-bond donors (Lipinski definition) is 1. The summed E-state index contributed by atoms with van der Waals surface area (Å²) in [4.78, 5) is 12.3. The minimum atomic E-state index is -4.01. The molecule has 2 aromatic rings. The first kappa shape index (κ1) is 23.9. The maximum absolute atomic E-state index is 13.3. The number of hydrogen-bond acceptors (Lipinski definition) is 4. The fraction of sp³-hybridized carbons (Fsp3) is 0.318. The summed E-state index contributed by atoms with van der Waals surface area (Å²) in [5.74, 6) is -0.373. The van der Waals surface area contributed by atoms with Gasteiger partial charge in [0.15, 0.2) is 0 Å². The minimum absolute atomic E-state index is 0.0434. The Morgan fingerprint density at radius 1 is 1.23 bits per heavy atom. The third kappa shape index (κ3) is 6.32. The average molecular weight is 451 g/mol. The lowest BCUT2D eigenvalue weighted by molar-refractivity contribution is 0.0757. The summed E-state index contributed by atoms with van der Waals surface area (Å²) in [6, 6.07) is 12.9. The summed E-state index contributed by atoms with van der Waals surface area (Å²) in [6.45, 7) is 8.55. The van der Waals surface area contributed by atoms with Gasteiger partial charge in [-0.05, 0) is 50.6 Å². The summed E-state index contributed by atoms with van der Waals surface area (Å²) < 4.78 is 33.3. The number of nitrogens with zero attached hydrogens (tertiary/aromatic N) is 1. The van der Waals surface area contributed by atoms with Crippen molar-refractivity contribution in [2.45, 2.75) is 31.3 Å². The minimum Gasteiger partial charge on any atom is -0.379 e. The first-order chi connectivity index (χ1) is 14.3. The van der Waals surface area contributed by atoms with Gasteiger partial charge in [0.2, 0.25) is 0 Å². The van der Waals surface area contributed by atoms with Crippen LogP contribution >= 0.6 is 11.6 Å². The molecule has 0 unspecified atom stereocenters. The van der Waals surface area contributed by atoms with E-state index in [1.54, 1.807) is 30.3 Å². The van der Waals surface area contributed by atoms with Crippen LogP contribution in [0.4, 0.5) is 5.69 Å². The molecule has 8 heteroatoms. The number of nitrogens with one attached hydrogen (secondary N) is 1. The molecule has 0 aromatic heterocycles. The number of benzene rings is 2. The van der Waals surface area contributed by atoms with Crippen LogP contribution in [-0.2, 0) is 14.8 Å². The lowest BCUT2D eigenvalue weighted by atomic mass is 10.2. The fourth-order valence-electron chi connectivity index (χ4n) is 2.71. The van der Waals surface area contributed by atoms with Gasteiger partial charge >= 0.3 is 0 Å². The quantitative estimate of drug-likeness (QED) is 0.410. The van der Waals surface area contributed by atoms with Crippen LogP contribution in [0, 0.1) is 0 Å². The highest BCUT2D eigenvalue weighted by Gasteiger charge is 2.27. The van der Waals surface area contributed by atoms with E-state index in [1.807, 2.05) is 13.8 Å². The van der Waals surface area contributed by atoms with E-state index in [1.165, 1.54) is 28.6 Å². The van der Waals surface area contributed by atoms with Crippen molar-refractivity contribution in [3.63, 3.8) is 0 Å². The molecule has 0 spiro atoms. The van der Waals surface area contributed by atoms with Gasteiger partial charge < -0.3 is 10.1 Å². The molecule has 0 aliphatic heterocycles. The molecule has 2 aromatic carbocycles. The number of anilines is 1. The second kappa shape index (κ2) is 11.2. The van der Waals surface area contributed by atoms with Gasteiger partial charge in [0.25, 0.3) is 15.9 Å². The molecule has 0 aliphatic rings. The first-order valence-electron chi connectivity index (χ1n) is 9.65. The van der Waals surface area contributed by atoms with Gasteiger partial charge in [-0.3, -0.25) is 9.10 Å². The zero-order chi connectivity index (χ0) is 22.1. The Kier molecular flexibility index (Phi) is 8.89. The van der Waals surface area contributed by atoms with Crippen LogP contribution in [0.1, 0.15) is 30.6 Å². The standard InChI is InChI=1S/C22H27ClN2O4S/c1-4-14-25(19-9-6-5-7-10-19)30(27,28)21-16-18(11-12-20(21)23)22(26)24-13-8-15-29-17(2)3/h4-7,9-12,16-17H,1,8,13-15H2,2-3H3,(H,24,26). The van der Waals surface area contributed by atoms with E-state index in [0.717, 1.165) is 0 Å². The number of carbonyl (C=O) groups excluding carboxylic acids is 1. The topological polar surface area (TPSA) is 75.7 Å². The molecule has 6 nitrogen and oxygen atoms in total. The highest BCUT2D eigenvalue weighted by Crippen LogP contribution is 2.29. The van der Waals surface area contributed by atoms with E-state index >= 15 is 0 Å². The fourth-order valence-corrected chi connectivity index (χ4v) is 4.65. The Labute approximate surface area is 183 Å². The van der Waals surface area contributed by atoms with Crippen LogP contribution in [-0.4, -0.2) is 40.1 Å². The molecule has 0 saturated heterocycles. The van der Waals surface area contributed by atoms with Gasteiger partial charge in [-0.25, -0.2) is 8.42 Å². The molecular weight excluding hydrogens is 424 g/mol. The van der Waals surface area contributed by atoms with Gasteiger partial charge in [0.1, 0.15) is 4.90 Å². The van der Waals surface area contributed by atoms with Crippen molar-refractivity contribution in [2.75, 3.05) is 24.0 Å². The number of halogens is 1. The molecule has 0 aliphatic carbocycles. The summed E-state index contributed by atoms with van der Waals surface area (Å²) in [6.07, 6.45) is 2.28. The van der Waals surface area contributed by atoms with Crippen LogP contribution < -0.4 is 9.62 Å². The normalized spacial score (nSPS) is 11.3. The van der Waals surface area contributed by atoms with Crippen molar-refractivity contribution >= 4 is 33.2 Å². The predicted octanol–water partition coefficient (Wildman–Crippen LogP) is 4.27. The Morgan fingerprint density at radius 3 is 2.57 bits per heavy atom. The summed E-state index contributed by atoms with van der Waals surface area (Å²) in [5.41, 5.74) is 0.697. The predicted molar refractivity (Wildman–Crippen MR) is 121 cm³/mol. The maximum Gasteiger partial charge on any atom is 0.266 e. The number of carbonyl (C=O) groups is 1. The molecule has 0 saturated carbocycles. The Morgan fingerprint density at radius 2 is 1.93 bits per heavy atom. The first-order valence-corrected chi connectivity index (χ1v) is 11.5. The van der Waals surface area contributed by atoms with Crippen molar-refractivity contribution in [3.05, 3.63) is 71.8 Å². The number of amides is 1. The molecule has 30 heavy (non-hydrogen) atoms. The third-order valence-electron chi connectivity index (χ3n) is 4.16. The van der Waals surface area contributed by atoms with E-state index < -0.39 is 10.0 Å². The second-order valence-corrected chi connectivity index (χ2v) is 9.07. The number of ether oxygens (including phenoxy) is 1. The number of rotatable bonds is 11. The molecule has 162 valence electrons. The Hall–Kier alpha value is -2.35. The Bertz CT molecular complexity index is 962. The van der Waals surface area contributed by atoms with Gasteiger partial charge in [-0.1, -0.05) is 35.9 Å². The summed E-state index contributed by atoms with van der Waals surface area (Å²) in [7, 11) is -4.01. The highest BCUT2D eigenvalue weighted by molar-refractivity contribution is 7.93. The second-order valence-electron chi connectivity index (χ2n) is 6.83. The molecule has 0 atom stereocenters. The van der Waals surface area contributed by atoms with Crippen LogP contribution in [0.25, 0.3) is 0 Å². The third-order valence-corrected chi connectivity index (χ3v) is 6.43. The molecule has 0 fully saturated rings. The molecule has 0 bridgehead atoms. The largest absolute Gasteiger partial charge is 0.379 e. The summed E-state index contributed by atoms with van der Waals surface area (Å²) in [5, 5.41) is 2.81. The van der Waals surface area contributed by atoms with E-state index in [4.69, 9.17) is 16.3 Å². The SMILES string of the molecule is C=CCN(c1ccccc1)S(=O)(=O)c1cc(C(=O)NCCCOC(C)C)ccc1Cl. The van der Waals surface area contributed by atoms with Crippen molar-refractivity contribution in [1.82, 2.24) is 5.32 Å². The van der Waals surface area contributed by atoms with Crippen molar-refractivity contribution in [2.24, 2.45) is 0 Å². The van der Waals surface area contributed by atoms with Gasteiger partial charge in [-0.15, -0.1) is 6.58 Å².